The van der Waals surface area contributed by atoms with Crippen LogP contribution in [0.15, 0.2) is 24.5 Å². The number of pyridine rings is 1. The first-order valence-corrected chi connectivity index (χ1v) is 6.69. The maximum Gasteiger partial charge on any atom is 0.303 e. The Morgan fingerprint density at radius 3 is 2.55 bits per heavy atom. The van der Waals surface area contributed by atoms with E-state index >= 15 is 0 Å². The van der Waals surface area contributed by atoms with Gasteiger partial charge in [-0.1, -0.05) is 26.8 Å². The van der Waals surface area contributed by atoms with Gasteiger partial charge < -0.3 is 10.4 Å². The molecule has 5 nitrogen and oxygen atoms in total. The number of carboxylic acid groups (broad SMARTS) is 1. The topological polar surface area (TPSA) is 79.3 Å². The zero-order valence-corrected chi connectivity index (χ0v) is 12.2. The number of hydrogen-bond donors (Lipinski definition) is 2. The normalized spacial score (nSPS) is 12.8. The quantitative estimate of drug-likeness (QED) is 0.838. The summed E-state index contributed by atoms with van der Waals surface area (Å²) in [5, 5.41) is 11.5. The molecule has 5 heteroatoms. The molecule has 0 saturated carbocycles. The summed E-state index contributed by atoms with van der Waals surface area (Å²) >= 11 is 0. The SMILES string of the molecule is CC(C)(C)C[C@H](NC(=O)CCC(=O)O)c1cccnc1. The Kier molecular flexibility index (Phi) is 5.67. The molecule has 0 saturated heterocycles. The Morgan fingerprint density at radius 2 is 2.05 bits per heavy atom. The average Bonchev–Trinajstić information content (AvgIpc) is 2.35. The first-order chi connectivity index (χ1) is 9.28. The van der Waals surface area contributed by atoms with Gasteiger partial charge in [-0.3, -0.25) is 14.6 Å². The van der Waals surface area contributed by atoms with Crippen LogP contribution in [0.2, 0.25) is 0 Å². The zero-order valence-electron chi connectivity index (χ0n) is 12.2. The van der Waals surface area contributed by atoms with Gasteiger partial charge in [-0.25, -0.2) is 0 Å². The van der Waals surface area contributed by atoms with Gasteiger partial charge in [-0.15, -0.1) is 0 Å². The van der Waals surface area contributed by atoms with Crippen LogP contribution < -0.4 is 5.32 Å². The van der Waals surface area contributed by atoms with Crippen molar-refractivity contribution in [3.05, 3.63) is 30.1 Å². The number of nitrogens with one attached hydrogen (secondary N) is 1. The third-order valence-electron chi connectivity index (χ3n) is 2.80. The van der Waals surface area contributed by atoms with Crippen molar-refractivity contribution in [1.82, 2.24) is 10.3 Å². The molecule has 0 aromatic carbocycles. The highest BCUT2D eigenvalue weighted by atomic mass is 16.4. The first kappa shape index (κ1) is 16.1. The van der Waals surface area contributed by atoms with Crippen LogP contribution in [0.4, 0.5) is 0 Å². The second kappa shape index (κ2) is 7.03. The van der Waals surface area contributed by atoms with E-state index in [1.807, 2.05) is 12.1 Å². The van der Waals surface area contributed by atoms with Crippen LogP contribution in [0.1, 0.15) is 51.6 Å². The Bertz CT molecular complexity index is 452. The summed E-state index contributed by atoms with van der Waals surface area (Å²) in [5.74, 6) is -1.21. The summed E-state index contributed by atoms with van der Waals surface area (Å²) < 4.78 is 0. The Morgan fingerprint density at radius 1 is 1.35 bits per heavy atom. The summed E-state index contributed by atoms with van der Waals surface area (Å²) in [4.78, 5) is 26.4. The molecule has 0 aliphatic carbocycles. The third kappa shape index (κ3) is 6.31. The van der Waals surface area contributed by atoms with Crippen molar-refractivity contribution < 1.29 is 14.7 Å². The molecule has 1 aromatic heterocycles. The molecular formula is C15H22N2O3. The van der Waals surface area contributed by atoms with Crippen molar-refractivity contribution in [2.75, 3.05) is 0 Å². The van der Waals surface area contributed by atoms with Crippen molar-refractivity contribution in [2.24, 2.45) is 5.41 Å². The van der Waals surface area contributed by atoms with Gasteiger partial charge in [-0.2, -0.15) is 0 Å². The zero-order chi connectivity index (χ0) is 15.2. The number of carbonyl (C=O) groups excluding carboxylic acids is 1. The van der Waals surface area contributed by atoms with E-state index in [2.05, 4.69) is 31.1 Å². The lowest BCUT2D eigenvalue weighted by Crippen LogP contribution is -2.31. The molecule has 0 radical (unpaired) electrons. The Balaban J connectivity index is 2.73. The predicted octanol–water partition coefficient (Wildman–Crippen LogP) is 2.54. The molecule has 1 heterocycles. The van der Waals surface area contributed by atoms with Gasteiger partial charge >= 0.3 is 5.97 Å². The van der Waals surface area contributed by atoms with E-state index in [0.717, 1.165) is 12.0 Å². The van der Waals surface area contributed by atoms with Crippen LogP contribution in [0.3, 0.4) is 0 Å². The number of hydrogen-bond acceptors (Lipinski definition) is 3. The number of aliphatic carboxylic acids is 1. The van der Waals surface area contributed by atoms with Crippen molar-refractivity contribution in [3.8, 4) is 0 Å². The lowest BCUT2D eigenvalue weighted by Gasteiger charge is -2.27. The molecule has 1 amide bonds. The molecular weight excluding hydrogens is 256 g/mol. The smallest absolute Gasteiger partial charge is 0.303 e. The average molecular weight is 278 g/mol. The van der Waals surface area contributed by atoms with Crippen LogP contribution in [0.5, 0.6) is 0 Å². The van der Waals surface area contributed by atoms with E-state index < -0.39 is 5.97 Å². The highest BCUT2D eigenvalue weighted by Crippen LogP contribution is 2.29. The van der Waals surface area contributed by atoms with E-state index in [9.17, 15) is 9.59 Å². The van der Waals surface area contributed by atoms with Crippen LogP contribution in [0, 0.1) is 5.41 Å². The standard InChI is InChI=1S/C15H22N2O3/c1-15(2,3)9-12(11-5-4-8-16-10-11)17-13(18)6-7-14(19)20/h4-5,8,10,12H,6-7,9H2,1-3H3,(H,17,18)(H,19,20)/t12-/m0/s1. The lowest BCUT2D eigenvalue weighted by molar-refractivity contribution is -0.139. The van der Waals surface area contributed by atoms with E-state index in [1.165, 1.54) is 0 Å². The number of nitrogens with zero attached hydrogens (tertiary/aromatic N) is 1. The van der Waals surface area contributed by atoms with Gasteiger partial charge in [0, 0.05) is 18.8 Å². The molecule has 0 unspecified atom stereocenters. The summed E-state index contributed by atoms with van der Waals surface area (Å²) in [7, 11) is 0. The fraction of sp³-hybridized carbons (Fsp3) is 0.533. The fourth-order valence-electron chi connectivity index (χ4n) is 1.93. The third-order valence-corrected chi connectivity index (χ3v) is 2.80. The van der Waals surface area contributed by atoms with Gasteiger partial charge in [0.05, 0.1) is 12.5 Å². The van der Waals surface area contributed by atoms with E-state index in [-0.39, 0.29) is 30.2 Å². The van der Waals surface area contributed by atoms with Crippen LogP contribution in [-0.2, 0) is 9.59 Å². The first-order valence-electron chi connectivity index (χ1n) is 6.69. The summed E-state index contributed by atoms with van der Waals surface area (Å²) in [6, 6.07) is 3.60. The minimum Gasteiger partial charge on any atom is -0.481 e. The predicted molar refractivity (Wildman–Crippen MR) is 76.1 cm³/mol. The lowest BCUT2D eigenvalue weighted by atomic mass is 9.86. The van der Waals surface area contributed by atoms with Gasteiger partial charge in [0.25, 0.3) is 0 Å². The minimum absolute atomic E-state index is 0.00373. The number of aromatic nitrogens is 1. The highest BCUT2D eigenvalue weighted by molar-refractivity contribution is 5.80. The summed E-state index contributed by atoms with van der Waals surface area (Å²) in [6.07, 6.45) is 4.02. The van der Waals surface area contributed by atoms with Crippen molar-refractivity contribution in [3.63, 3.8) is 0 Å². The minimum atomic E-state index is -0.964. The van der Waals surface area contributed by atoms with Crippen molar-refractivity contribution >= 4 is 11.9 Å². The number of carboxylic acids is 1. The molecule has 1 atom stereocenters. The molecule has 0 fully saturated rings. The maximum absolute atomic E-state index is 11.8. The molecule has 0 aliphatic heterocycles. The molecule has 0 aliphatic rings. The molecule has 0 bridgehead atoms. The Labute approximate surface area is 119 Å². The van der Waals surface area contributed by atoms with Crippen molar-refractivity contribution in [1.29, 1.82) is 0 Å². The van der Waals surface area contributed by atoms with Gasteiger partial charge in [0.2, 0.25) is 5.91 Å². The van der Waals surface area contributed by atoms with Gasteiger partial charge in [0.1, 0.15) is 0 Å². The van der Waals surface area contributed by atoms with Gasteiger partial charge in [-0.05, 0) is 23.5 Å². The van der Waals surface area contributed by atoms with Gasteiger partial charge in [0.15, 0.2) is 0 Å². The second-order valence-electron chi connectivity index (χ2n) is 6.06. The monoisotopic (exact) mass is 278 g/mol. The number of carbonyl (C=O) groups is 2. The number of amides is 1. The molecule has 1 rings (SSSR count). The molecule has 1 aromatic rings. The molecule has 20 heavy (non-hydrogen) atoms. The van der Waals surface area contributed by atoms with Crippen LogP contribution >= 0.6 is 0 Å². The summed E-state index contributed by atoms with van der Waals surface area (Å²) in [6.45, 7) is 6.29. The maximum atomic E-state index is 11.8. The fourth-order valence-corrected chi connectivity index (χ4v) is 1.93. The molecule has 0 spiro atoms. The van der Waals surface area contributed by atoms with Crippen LogP contribution in [-0.4, -0.2) is 22.0 Å². The molecule has 110 valence electrons. The van der Waals surface area contributed by atoms with E-state index in [0.29, 0.717) is 0 Å². The number of rotatable bonds is 6. The van der Waals surface area contributed by atoms with E-state index in [4.69, 9.17) is 5.11 Å². The Hall–Kier alpha value is -1.91. The highest BCUT2D eigenvalue weighted by Gasteiger charge is 2.22. The summed E-state index contributed by atoms with van der Waals surface area (Å²) in [5.41, 5.74) is 0.978. The second-order valence-corrected chi connectivity index (χ2v) is 6.06. The molecule has 2 N–H and O–H groups in total. The van der Waals surface area contributed by atoms with Crippen molar-refractivity contribution in [2.45, 2.75) is 46.1 Å². The van der Waals surface area contributed by atoms with E-state index in [1.54, 1.807) is 12.4 Å². The van der Waals surface area contributed by atoms with Crippen LogP contribution in [0.25, 0.3) is 0 Å². The largest absolute Gasteiger partial charge is 0.481 e.